The van der Waals surface area contributed by atoms with Crippen LogP contribution in [0.15, 0.2) is 18.2 Å². The largest absolute Gasteiger partial charge is 0.372 e. The topological polar surface area (TPSA) is 12.5 Å². The first-order valence-electron chi connectivity index (χ1n) is 6.98. The highest BCUT2D eigenvalue weighted by Gasteiger charge is 2.22. The predicted molar refractivity (Wildman–Crippen MR) is 77.5 cm³/mol. The fraction of sp³-hybridized carbons (Fsp3) is 0.625. The molecule has 1 saturated heterocycles. The molecular weight excluding hydrogens is 222 g/mol. The maximum atomic E-state index is 5.79. The molecule has 1 aliphatic rings. The lowest BCUT2D eigenvalue weighted by Crippen LogP contribution is -2.45. The van der Waals surface area contributed by atoms with Crippen LogP contribution < -0.4 is 4.90 Å². The number of ether oxygens (including phenoxy) is 1. The van der Waals surface area contributed by atoms with Crippen molar-refractivity contribution in [1.82, 2.24) is 0 Å². The summed E-state index contributed by atoms with van der Waals surface area (Å²) in [6, 6.07) is 6.85. The standard InChI is InChI=1S/C16H25NO/c1-11(2)16-7-6-15(8-12(16)3)17-9-13(4)18-14(5)10-17/h6-8,11,13-14H,9-10H2,1-5H3. The van der Waals surface area contributed by atoms with Crippen LogP contribution in [-0.2, 0) is 4.74 Å². The molecule has 1 aromatic carbocycles. The van der Waals surface area contributed by atoms with Gasteiger partial charge in [-0.05, 0) is 49.9 Å². The van der Waals surface area contributed by atoms with Crippen molar-refractivity contribution in [3.05, 3.63) is 29.3 Å². The Kier molecular flexibility index (Phi) is 3.96. The summed E-state index contributed by atoms with van der Waals surface area (Å²) >= 11 is 0. The lowest BCUT2D eigenvalue weighted by atomic mass is 9.97. The van der Waals surface area contributed by atoms with Gasteiger partial charge in [0.2, 0.25) is 0 Å². The average Bonchev–Trinajstić information content (AvgIpc) is 2.26. The molecule has 2 nitrogen and oxygen atoms in total. The molecule has 0 N–H and O–H groups in total. The van der Waals surface area contributed by atoms with Crippen molar-refractivity contribution >= 4 is 5.69 Å². The van der Waals surface area contributed by atoms with E-state index in [-0.39, 0.29) is 0 Å². The number of nitrogens with zero attached hydrogens (tertiary/aromatic N) is 1. The van der Waals surface area contributed by atoms with Gasteiger partial charge in [-0.2, -0.15) is 0 Å². The Bertz CT molecular complexity index is 404. The highest BCUT2D eigenvalue weighted by Crippen LogP contribution is 2.26. The van der Waals surface area contributed by atoms with E-state index < -0.39 is 0 Å². The zero-order valence-corrected chi connectivity index (χ0v) is 12.2. The van der Waals surface area contributed by atoms with Gasteiger partial charge in [-0.1, -0.05) is 19.9 Å². The maximum Gasteiger partial charge on any atom is 0.0726 e. The predicted octanol–water partition coefficient (Wildman–Crippen LogP) is 3.73. The van der Waals surface area contributed by atoms with Crippen LogP contribution in [0.25, 0.3) is 0 Å². The first-order chi connectivity index (χ1) is 8.47. The minimum absolute atomic E-state index is 0.318. The van der Waals surface area contributed by atoms with Crippen LogP contribution in [0.3, 0.4) is 0 Å². The van der Waals surface area contributed by atoms with Gasteiger partial charge in [0.1, 0.15) is 0 Å². The fourth-order valence-corrected chi connectivity index (χ4v) is 2.89. The van der Waals surface area contributed by atoms with Crippen LogP contribution in [-0.4, -0.2) is 25.3 Å². The number of hydrogen-bond donors (Lipinski definition) is 0. The lowest BCUT2D eigenvalue weighted by Gasteiger charge is -2.37. The van der Waals surface area contributed by atoms with Crippen LogP contribution in [0.2, 0.25) is 0 Å². The molecule has 100 valence electrons. The SMILES string of the molecule is Cc1cc(N2CC(C)OC(C)C2)ccc1C(C)C. The summed E-state index contributed by atoms with van der Waals surface area (Å²) in [6.45, 7) is 13.0. The quantitative estimate of drug-likeness (QED) is 0.789. The average molecular weight is 247 g/mol. The summed E-state index contributed by atoms with van der Waals surface area (Å²) in [4.78, 5) is 2.44. The van der Waals surface area contributed by atoms with Gasteiger partial charge in [-0.3, -0.25) is 0 Å². The van der Waals surface area contributed by atoms with Gasteiger partial charge in [-0.25, -0.2) is 0 Å². The van der Waals surface area contributed by atoms with Crippen molar-refractivity contribution in [3.8, 4) is 0 Å². The molecule has 1 aliphatic heterocycles. The number of anilines is 1. The third kappa shape index (κ3) is 2.86. The van der Waals surface area contributed by atoms with Gasteiger partial charge in [0.05, 0.1) is 12.2 Å². The number of rotatable bonds is 2. The van der Waals surface area contributed by atoms with Gasteiger partial charge >= 0.3 is 0 Å². The van der Waals surface area contributed by atoms with Gasteiger partial charge in [-0.15, -0.1) is 0 Å². The van der Waals surface area contributed by atoms with E-state index in [2.05, 4.69) is 57.7 Å². The van der Waals surface area contributed by atoms with E-state index in [1.807, 2.05) is 0 Å². The van der Waals surface area contributed by atoms with Crippen LogP contribution in [0.5, 0.6) is 0 Å². The van der Waals surface area contributed by atoms with Gasteiger partial charge in [0, 0.05) is 18.8 Å². The molecule has 0 bridgehead atoms. The number of morpholine rings is 1. The van der Waals surface area contributed by atoms with E-state index in [1.165, 1.54) is 16.8 Å². The Hall–Kier alpha value is -1.02. The summed E-state index contributed by atoms with van der Waals surface area (Å²) in [5.74, 6) is 0.599. The smallest absolute Gasteiger partial charge is 0.0726 e. The Labute approximate surface area is 111 Å². The van der Waals surface area contributed by atoms with Crippen LogP contribution in [0, 0.1) is 6.92 Å². The van der Waals surface area contributed by atoms with E-state index in [0.717, 1.165) is 13.1 Å². The van der Waals surface area contributed by atoms with Gasteiger partial charge in [0.25, 0.3) is 0 Å². The van der Waals surface area contributed by atoms with E-state index in [1.54, 1.807) is 0 Å². The highest BCUT2D eigenvalue weighted by molar-refractivity contribution is 5.52. The molecule has 2 rings (SSSR count). The van der Waals surface area contributed by atoms with Crippen LogP contribution >= 0.6 is 0 Å². The van der Waals surface area contributed by atoms with E-state index >= 15 is 0 Å². The molecule has 0 amide bonds. The summed E-state index contributed by atoms with van der Waals surface area (Å²) < 4.78 is 5.79. The minimum Gasteiger partial charge on any atom is -0.372 e. The van der Waals surface area contributed by atoms with Crippen molar-refractivity contribution in [2.24, 2.45) is 0 Å². The Morgan fingerprint density at radius 3 is 2.28 bits per heavy atom. The Morgan fingerprint density at radius 2 is 1.78 bits per heavy atom. The zero-order chi connectivity index (χ0) is 13.3. The summed E-state index contributed by atoms with van der Waals surface area (Å²) in [6.07, 6.45) is 0.637. The first-order valence-corrected chi connectivity index (χ1v) is 6.98. The monoisotopic (exact) mass is 247 g/mol. The molecule has 2 heteroatoms. The molecule has 1 fully saturated rings. The van der Waals surface area contributed by atoms with E-state index in [0.29, 0.717) is 18.1 Å². The second-order valence-corrected chi connectivity index (χ2v) is 5.86. The molecule has 0 saturated carbocycles. The lowest BCUT2D eigenvalue weighted by molar-refractivity contribution is -0.00522. The van der Waals surface area contributed by atoms with E-state index in [9.17, 15) is 0 Å². The maximum absolute atomic E-state index is 5.79. The van der Waals surface area contributed by atoms with Crippen LogP contribution in [0.4, 0.5) is 5.69 Å². The van der Waals surface area contributed by atoms with Crippen LogP contribution in [0.1, 0.15) is 44.7 Å². The second-order valence-electron chi connectivity index (χ2n) is 5.86. The highest BCUT2D eigenvalue weighted by atomic mass is 16.5. The Morgan fingerprint density at radius 1 is 1.17 bits per heavy atom. The fourth-order valence-electron chi connectivity index (χ4n) is 2.89. The number of aryl methyl sites for hydroxylation is 1. The minimum atomic E-state index is 0.318. The second kappa shape index (κ2) is 5.31. The zero-order valence-electron chi connectivity index (χ0n) is 12.2. The molecule has 0 aliphatic carbocycles. The first kappa shape index (κ1) is 13.4. The third-order valence-corrected chi connectivity index (χ3v) is 3.66. The molecule has 1 heterocycles. The van der Waals surface area contributed by atoms with Crippen molar-refractivity contribution in [1.29, 1.82) is 0 Å². The molecule has 1 aromatic rings. The molecule has 2 atom stereocenters. The number of hydrogen-bond acceptors (Lipinski definition) is 2. The Balaban J connectivity index is 2.21. The molecule has 0 spiro atoms. The molecule has 0 aromatic heterocycles. The van der Waals surface area contributed by atoms with E-state index in [4.69, 9.17) is 4.74 Å². The normalized spacial score (nSPS) is 24.7. The van der Waals surface area contributed by atoms with Crippen molar-refractivity contribution in [2.75, 3.05) is 18.0 Å². The van der Waals surface area contributed by atoms with Gasteiger partial charge < -0.3 is 9.64 Å². The summed E-state index contributed by atoms with van der Waals surface area (Å²) in [7, 11) is 0. The molecule has 0 radical (unpaired) electrons. The molecule has 2 unspecified atom stereocenters. The number of benzene rings is 1. The third-order valence-electron chi connectivity index (χ3n) is 3.66. The van der Waals surface area contributed by atoms with Gasteiger partial charge in [0.15, 0.2) is 0 Å². The molecule has 18 heavy (non-hydrogen) atoms. The van der Waals surface area contributed by atoms with Crippen molar-refractivity contribution in [3.63, 3.8) is 0 Å². The summed E-state index contributed by atoms with van der Waals surface area (Å²) in [5, 5.41) is 0. The summed E-state index contributed by atoms with van der Waals surface area (Å²) in [5.41, 5.74) is 4.18. The van der Waals surface area contributed by atoms with Crippen molar-refractivity contribution in [2.45, 2.75) is 52.7 Å². The molecular formula is C16H25NO. The van der Waals surface area contributed by atoms with Crippen molar-refractivity contribution < 1.29 is 4.74 Å².